The van der Waals surface area contributed by atoms with E-state index in [0.29, 0.717) is 0 Å². The largest absolute Gasteiger partial charge is 0.370 e. The number of halogens is 1. The van der Waals surface area contributed by atoms with E-state index in [1.165, 1.54) is 0 Å². The molecule has 0 aromatic carbocycles. The molecule has 2 rings (SSSR count). The molecule has 0 radical (unpaired) electrons. The second-order valence-electron chi connectivity index (χ2n) is 3.38. The highest BCUT2D eigenvalue weighted by molar-refractivity contribution is 9.10. The van der Waals surface area contributed by atoms with Crippen LogP contribution < -0.4 is 5.32 Å². The van der Waals surface area contributed by atoms with E-state index in [2.05, 4.69) is 36.4 Å². The lowest BCUT2D eigenvalue weighted by Gasteiger charge is -2.05. The van der Waals surface area contributed by atoms with E-state index in [-0.39, 0.29) is 0 Å². The van der Waals surface area contributed by atoms with Crippen LogP contribution in [0.15, 0.2) is 29.1 Å². The summed E-state index contributed by atoms with van der Waals surface area (Å²) in [5.74, 6) is 1.82. The summed E-state index contributed by atoms with van der Waals surface area (Å²) in [5, 5.41) is 11.1. The summed E-state index contributed by atoms with van der Waals surface area (Å²) in [6, 6.07) is 5.77. The summed E-state index contributed by atoms with van der Waals surface area (Å²) in [5.41, 5.74) is 0. The van der Waals surface area contributed by atoms with Gasteiger partial charge in [0.2, 0.25) is 0 Å². The van der Waals surface area contributed by atoms with Gasteiger partial charge in [-0.25, -0.2) is 4.98 Å². The highest BCUT2D eigenvalue weighted by Crippen LogP contribution is 2.09. The molecule has 0 aliphatic rings. The fourth-order valence-corrected chi connectivity index (χ4v) is 1.69. The average Bonchev–Trinajstić information content (AvgIpc) is 2.65. The van der Waals surface area contributed by atoms with Crippen LogP contribution in [0.3, 0.4) is 0 Å². The second-order valence-corrected chi connectivity index (χ2v) is 4.19. The molecule has 2 aromatic heterocycles. The molecule has 0 atom stereocenters. The molecule has 6 heteroatoms. The Bertz CT molecular complexity index is 468. The minimum absolute atomic E-state index is 0.788. The third-order valence-electron chi connectivity index (χ3n) is 2.17. The first-order valence-corrected chi connectivity index (χ1v) is 5.74. The first kappa shape index (κ1) is 11.1. The fourth-order valence-electron chi connectivity index (χ4n) is 1.34. The maximum atomic E-state index is 4.28. The fraction of sp³-hybridized carbons (Fsp3) is 0.300. The first-order valence-electron chi connectivity index (χ1n) is 4.95. The van der Waals surface area contributed by atoms with E-state index in [1.54, 1.807) is 6.33 Å². The lowest BCUT2D eigenvalue weighted by atomic mass is 10.4. The van der Waals surface area contributed by atoms with Crippen LogP contribution in [-0.4, -0.2) is 26.3 Å². The van der Waals surface area contributed by atoms with Gasteiger partial charge in [-0.15, -0.1) is 10.2 Å². The van der Waals surface area contributed by atoms with Gasteiger partial charge >= 0.3 is 0 Å². The Kier molecular flexibility index (Phi) is 3.51. The van der Waals surface area contributed by atoms with E-state index in [4.69, 9.17) is 0 Å². The zero-order chi connectivity index (χ0) is 11.4. The SMILES string of the molecule is Cn1cnnc1CCNc1cccc(Br)n1. The van der Waals surface area contributed by atoms with E-state index < -0.39 is 0 Å². The number of aromatic nitrogens is 4. The van der Waals surface area contributed by atoms with E-state index >= 15 is 0 Å². The summed E-state index contributed by atoms with van der Waals surface area (Å²) in [6.45, 7) is 0.788. The highest BCUT2D eigenvalue weighted by Gasteiger charge is 2.00. The Hall–Kier alpha value is -1.43. The summed E-state index contributed by atoms with van der Waals surface area (Å²) in [7, 11) is 1.94. The Morgan fingerprint density at radius 1 is 1.44 bits per heavy atom. The van der Waals surface area contributed by atoms with Crippen molar-refractivity contribution in [1.82, 2.24) is 19.7 Å². The van der Waals surface area contributed by atoms with Crippen molar-refractivity contribution >= 4 is 21.7 Å². The van der Waals surface area contributed by atoms with Gasteiger partial charge in [0.1, 0.15) is 22.6 Å². The standard InChI is InChI=1S/C10H12BrN5/c1-16-7-13-15-10(16)5-6-12-9-4-2-3-8(11)14-9/h2-4,7H,5-6H2,1H3,(H,12,14). The molecule has 5 nitrogen and oxygen atoms in total. The Morgan fingerprint density at radius 3 is 3.00 bits per heavy atom. The number of pyridine rings is 1. The quantitative estimate of drug-likeness (QED) is 0.866. The van der Waals surface area contributed by atoms with Crippen LogP contribution in [-0.2, 0) is 13.5 Å². The molecule has 1 N–H and O–H groups in total. The first-order chi connectivity index (χ1) is 7.75. The van der Waals surface area contributed by atoms with E-state index in [0.717, 1.165) is 29.2 Å². The molecule has 0 saturated carbocycles. The molecular formula is C10H12BrN5. The van der Waals surface area contributed by atoms with Crippen LogP contribution >= 0.6 is 15.9 Å². The molecule has 16 heavy (non-hydrogen) atoms. The molecule has 0 bridgehead atoms. The van der Waals surface area contributed by atoms with E-state index in [1.807, 2.05) is 29.8 Å². The van der Waals surface area contributed by atoms with Gasteiger partial charge in [0.15, 0.2) is 0 Å². The number of nitrogens with zero attached hydrogens (tertiary/aromatic N) is 4. The lowest BCUT2D eigenvalue weighted by Crippen LogP contribution is -2.09. The van der Waals surface area contributed by atoms with Gasteiger partial charge in [0.05, 0.1) is 0 Å². The summed E-state index contributed by atoms with van der Waals surface area (Å²) < 4.78 is 2.74. The zero-order valence-corrected chi connectivity index (χ0v) is 10.5. The van der Waals surface area contributed by atoms with Crippen LogP contribution in [0.2, 0.25) is 0 Å². The molecule has 0 spiro atoms. The molecule has 0 saturated heterocycles. The summed E-state index contributed by atoms with van der Waals surface area (Å²) in [4.78, 5) is 4.28. The van der Waals surface area contributed by atoms with Crippen LogP contribution in [0.4, 0.5) is 5.82 Å². The van der Waals surface area contributed by atoms with E-state index in [9.17, 15) is 0 Å². The predicted octanol–water partition coefficient (Wildman–Crippen LogP) is 1.63. The van der Waals surface area contributed by atoms with Gasteiger partial charge in [-0.2, -0.15) is 0 Å². The normalized spacial score (nSPS) is 10.4. The molecule has 0 aliphatic heterocycles. The van der Waals surface area contributed by atoms with Crippen molar-refractivity contribution in [3.63, 3.8) is 0 Å². The average molecular weight is 282 g/mol. The Balaban J connectivity index is 1.87. The van der Waals surface area contributed by atoms with Gasteiger partial charge < -0.3 is 9.88 Å². The minimum Gasteiger partial charge on any atom is -0.370 e. The van der Waals surface area contributed by atoms with Gasteiger partial charge in [0.25, 0.3) is 0 Å². The van der Waals surface area contributed by atoms with Gasteiger partial charge in [-0.1, -0.05) is 6.07 Å². The molecule has 2 aromatic rings. The van der Waals surface area contributed by atoms with Gasteiger partial charge in [-0.05, 0) is 28.1 Å². The Labute approximate surface area is 102 Å². The molecule has 0 amide bonds. The maximum Gasteiger partial charge on any atom is 0.134 e. The molecular weight excluding hydrogens is 270 g/mol. The number of anilines is 1. The molecule has 0 aliphatic carbocycles. The van der Waals surface area contributed by atoms with Crippen LogP contribution in [0.1, 0.15) is 5.82 Å². The van der Waals surface area contributed by atoms with Crippen molar-refractivity contribution in [3.8, 4) is 0 Å². The van der Waals surface area contributed by atoms with Crippen molar-refractivity contribution in [2.75, 3.05) is 11.9 Å². The smallest absolute Gasteiger partial charge is 0.134 e. The molecule has 0 fully saturated rings. The van der Waals surface area contributed by atoms with Crippen LogP contribution in [0.25, 0.3) is 0 Å². The van der Waals surface area contributed by atoms with Gasteiger partial charge in [0, 0.05) is 20.0 Å². The summed E-state index contributed by atoms with van der Waals surface area (Å²) >= 11 is 3.33. The molecule has 2 heterocycles. The predicted molar refractivity (Wildman–Crippen MR) is 65.1 cm³/mol. The zero-order valence-electron chi connectivity index (χ0n) is 8.89. The van der Waals surface area contributed by atoms with Crippen molar-refractivity contribution in [2.24, 2.45) is 7.05 Å². The van der Waals surface area contributed by atoms with Crippen molar-refractivity contribution in [1.29, 1.82) is 0 Å². The topological polar surface area (TPSA) is 55.6 Å². The third-order valence-corrected chi connectivity index (χ3v) is 2.62. The molecule has 84 valence electrons. The minimum atomic E-state index is 0.788. The third kappa shape index (κ3) is 2.79. The van der Waals surface area contributed by atoms with Gasteiger partial charge in [-0.3, -0.25) is 0 Å². The number of nitrogens with one attached hydrogen (secondary N) is 1. The number of hydrogen-bond acceptors (Lipinski definition) is 4. The maximum absolute atomic E-state index is 4.28. The van der Waals surface area contributed by atoms with Crippen molar-refractivity contribution in [3.05, 3.63) is 35.0 Å². The highest BCUT2D eigenvalue weighted by atomic mass is 79.9. The lowest BCUT2D eigenvalue weighted by molar-refractivity contribution is 0.787. The number of rotatable bonds is 4. The van der Waals surface area contributed by atoms with Crippen molar-refractivity contribution in [2.45, 2.75) is 6.42 Å². The summed E-state index contributed by atoms with van der Waals surface area (Å²) in [6.07, 6.45) is 2.53. The molecule has 0 unspecified atom stereocenters. The van der Waals surface area contributed by atoms with Crippen LogP contribution in [0.5, 0.6) is 0 Å². The monoisotopic (exact) mass is 281 g/mol. The van der Waals surface area contributed by atoms with Crippen molar-refractivity contribution < 1.29 is 0 Å². The number of hydrogen-bond donors (Lipinski definition) is 1. The number of aryl methyl sites for hydroxylation is 1. The second kappa shape index (κ2) is 5.07. The Morgan fingerprint density at radius 2 is 2.31 bits per heavy atom. The van der Waals surface area contributed by atoms with Crippen LogP contribution in [0, 0.1) is 0 Å².